The van der Waals surface area contributed by atoms with Crippen LogP contribution in [-0.2, 0) is 14.3 Å². The smallest absolute Gasteiger partial charge is 0.164 e. The fourth-order valence-electron chi connectivity index (χ4n) is 2.10. The summed E-state index contributed by atoms with van der Waals surface area (Å²) in [6.45, 7) is 1.28. The first-order valence-electron chi connectivity index (χ1n) is 5.12. The summed E-state index contributed by atoms with van der Waals surface area (Å²) in [5.41, 5.74) is 0. The molecule has 0 unspecified atom stereocenters. The maximum atomic E-state index is 11.6. The highest BCUT2D eigenvalue weighted by Crippen LogP contribution is 2.27. The Labute approximate surface area is 78.4 Å². The lowest BCUT2D eigenvalue weighted by Crippen LogP contribution is -2.19. The molecule has 2 fully saturated rings. The number of rotatable bonds is 3. The maximum Gasteiger partial charge on any atom is 0.164 e. The third-order valence-electron chi connectivity index (χ3n) is 2.87. The summed E-state index contributed by atoms with van der Waals surface area (Å²) in [7, 11) is 0. The van der Waals surface area contributed by atoms with Gasteiger partial charge in [0.05, 0.1) is 19.6 Å². The molecule has 0 radical (unpaired) electrons. The summed E-state index contributed by atoms with van der Waals surface area (Å²) < 4.78 is 10.5. The zero-order chi connectivity index (χ0) is 9.10. The first-order valence-corrected chi connectivity index (χ1v) is 5.12. The van der Waals surface area contributed by atoms with E-state index < -0.39 is 0 Å². The molecule has 0 spiro atoms. The molecule has 13 heavy (non-hydrogen) atoms. The predicted octanol–water partition coefficient (Wildman–Crippen LogP) is 1.51. The van der Waals surface area contributed by atoms with Crippen LogP contribution < -0.4 is 0 Å². The Bertz CT molecular complexity index is 179. The van der Waals surface area contributed by atoms with E-state index in [1.165, 1.54) is 12.8 Å². The molecule has 0 atom stereocenters. The molecular weight excluding hydrogens is 168 g/mol. The minimum atomic E-state index is -0.242. The second kappa shape index (κ2) is 4.20. The van der Waals surface area contributed by atoms with Crippen LogP contribution in [0.5, 0.6) is 0 Å². The quantitative estimate of drug-likeness (QED) is 0.667. The molecule has 0 amide bonds. The third kappa shape index (κ3) is 2.29. The average Bonchev–Trinajstić information content (AvgIpc) is 2.74. The summed E-state index contributed by atoms with van der Waals surface area (Å²) in [4.78, 5) is 11.6. The standard InChI is InChI=1S/C10H16O3/c11-9(8-3-1-2-4-8)7-10-12-5-6-13-10/h8,10H,1-7H2. The van der Waals surface area contributed by atoms with Gasteiger partial charge in [-0.2, -0.15) is 0 Å². The molecule has 2 aliphatic rings. The fraction of sp³-hybridized carbons (Fsp3) is 0.900. The SMILES string of the molecule is O=C(CC1OCCO1)C1CCCC1. The third-order valence-corrected chi connectivity index (χ3v) is 2.87. The van der Waals surface area contributed by atoms with Gasteiger partial charge in [0.15, 0.2) is 6.29 Å². The highest BCUT2D eigenvalue weighted by Gasteiger charge is 2.27. The Morgan fingerprint density at radius 2 is 1.77 bits per heavy atom. The van der Waals surface area contributed by atoms with Gasteiger partial charge in [0.1, 0.15) is 5.78 Å². The molecule has 0 N–H and O–H groups in total. The van der Waals surface area contributed by atoms with Crippen molar-refractivity contribution < 1.29 is 14.3 Å². The summed E-state index contributed by atoms with van der Waals surface area (Å²) in [5.74, 6) is 0.636. The van der Waals surface area contributed by atoms with Crippen LogP contribution in [0.3, 0.4) is 0 Å². The predicted molar refractivity (Wildman–Crippen MR) is 47.3 cm³/mol. The Balaban J connectivity index is 1.76. The van der Waals surface area contributed by atoms with Gasteiger partial charge in [-0.05, 0) is 12.8 Å². The maximum absolute atomic E-state index is 11.6. The number of hydrogen-bond acceptors (Lipinski definition) is 3. The van der Waals surface area contributed by atoms with Crippen molar-refractivity contribution in [1.82, 2.24) is 0 Å². The van der Waals surface area contributed by atoms with Gasteiger partial charge in [0.2, 0.25) is 0 Å². The molecule has 0 aromatic heterocycles. The number of carbonyl (C=O) groups is 1. The molecule has 2 rings (SSSR count). The van der Waals surface area contributed by atoms with Crippen molar-refractivity contribution in [2.45, 2.75) is 38.4 Å². The zero-order valence-corrected chi connectivity index (χ0v) is 7.83. The molecule has 3 nitrogen and oxygen atoms in total. The van der Waals surface area contributed by atoms with Crippen LogP contribution in [0.2, 0.25) is 0 Å². The lowest BCUT2D eigenvalue weighted by molar-refractivity contribution is -0.131. The molecular formula is C10H16O3. The van der Waals surface area contributed by atoms with Crippen molar-refractivity contribution >= 4 is 5.78 Å². The van der Waals surface area contributed by atoms with Crippen LogP contribution in [0.15, 0.2) is 0 Å². The van der Waals surface area contributed by atoms with Gasteiger partial charge in [-0.25, -0.2) is 0 Å². The molecule has 1 aliphatic carbocycles. The Hall–Kier alpha value is -0.410. The first-order chi connectivity index (χ1) is 6.36. The minimum absolute atomic E-state index is 0.242. The number of carbonyl (C=O) groups excluding carboxylic acids is 1. The van der Waals surface area contributed by atoms with Crippen molar-refractivity contribution in [2.24, 2.45) is 5.92 Å². The molecule has 1 heterocycles. The average molecular weight is 184 g/mol. The summed E-state index contributed by atoms with van der Waals surface area (Å²) in [5, 5.41) is 0. The van der Waals surface area contributed by atoms with E-state index in [0.717, 1.165) is 12.8 Å². The van der Waals surface area contributed by atoms with E-state index in [0.29, 0.717) is 31.3 Å². The number of ether oxygens (including phenoxy) is 2. The minimum Gasteiger partial charge on any atom is -0.350 e. The molecule has 0 aromatic rings. The second-order valence-electron chi connectivity index (χ2n) is 3.82. The van der Waals surface area contributed by atoms with Gasteiger partial charge in [0.25, 0.3) is 0 Å². The lowest BCUT2D eigenvalue weighted by Gasteiger charge is -2.11. The van der Waals surface area contributed by atoms with Crippen LogP contribution >= 0.6 is 0 Å². The molecule has 1 saturated heterocycles. The van der Waals surface area contributed by atoms with Crippen LogP contribution in [0.1, 0.15) is 32.1 Å². The van der Waals surface area contributed by atoms with Crippen molar-refractivity contribution in [1.29, 1.82) is 0 Å². The van der Waals surface area contributed by atoms with Crippen molar-refractivity contribution in [2.75, 3.05) is 13.2 Å². The van der Waals surface area contributed by atoms with E-state index in [4.69, 9.17) is 9.47 Å². The monoisotopic (exact) mass is 184 g/mol. The van der Waals surface area contributed by atoms with Gasteiger partial charge in [-0.3, -0.25) is 4.79 Å². The Kier molecular flexibility index (Phi) is 2.96. The first kappa shape index (κ1) is 9.16. The summed E-state index contributed by atoms with van der Waals surface area (Å²) in [6.07, 6.45) is 4.79. The van der Waals surface area contributed by atoms with Gasteiger partial charge in [-0.1, -0.05) is 12.8 Å². The van der Waals surface area contributed by atoms with E-state index in [-0.39, 0.29) is 6.29 Å². The Morgan fingerprint density at radius 1 is 1.15 bits per heavy atom. The lowest BCUT2D eigenvalue weighted by atomic mass is 10.0. The second-order valence-corrected chi connectivity index (χ2v) is 3.82. The molecule has 74 valence electrons. The van der Waals surface area contributed by atoms with Crippen LogP contribution in [0.4, 0.5) is 0 Å². The normalized spacial score (nSPS) is 25.5. The zero-order valence-electron chi connectivity index (χ0n) is 7.83. The molecule has 0 bridgehead atoms. The molecule has 1 aliphatic heterocycles. The van der Waals surface area contributed by atoms with Gasteiger partial charge < -0.3 is 9.47 Å². The van der Waals surface area contributed by atoms with Crippen LogP contribution in [0, 0.1) is 5.92 Å². The highest BCUT2D eigenvalue weighted by atomic mass is 16.7. The van der Waals surface area contributed by atoms with E-state index in [1.807, 2.05) is 0 Å². The van der Waals surface area contributed by atoms with E-state index >= 15 is 0 Å². The summed E-state index contributed by atoms with van der Waals surface area (Å²) in [6, 6.07) is 0. The fourth-order valence-corrected chi connectivity index (χ4v) is 2.10. The largest absolute Gasteiger partial charge is 0.350 e. The van der Waals surface area contributed by atoms with Crippen molar-refractivity contribution in [3.05, 3.63) is 0 Å². The van der Waals surface area contributed by atoms with Gasteiger partial charge in [0, 0.05) is 5.92 Å². The number of ketones is 1. The van der Waals surface area contributed by atoms with Crippen LogP contribution in [0.25, 0.3) is 0 Å². The number of hydrogen-bond donors (Lipinski definition) is 0. The van der Waals surface area contributed by atoms with Gasteiger partial charge in [-0.15, -0.1) is 0 Å². The number of Topliss-reactive ketones (excluding diaryl/α,β-unsaturated/α-hetero) is 1. The van der Waals surface area contributed by atoms with Crippen molar-refractivity contribution in [3.63, 3.8) is 0 Å². The molecule has 1 saturated carbocycles. The van der Waals surface area contributed by atoms with E-state index in [9.17, 15) is 4.79 Å². The van der Waals surface area contributed by atoms with Crippen LogP contribution in [-0.4, -0.2) is 25.3 Å². The van der Waals surface area contributed by atoms with E-state index in [1.54, 1.807) is 0 Å². The van der Waals surface area contributed by atoms with Gasteiger partial charge >= 0.3 is 0 Å². The Morgan fingerprint density at radius 3 is 2.38 bits per heavy atom. The van der Waals surface area contributed by atoms with E-state index in [2.05, 4.69) is 0 Å². The topological polar surface area (TPSA) is 35.5 Å². The van der Waals surface area contributed by atoms with Crippen molar-refractivity contribution in [3.8, 4) is 0 Å². The highest BCUT2D eigenvalue weighted by molar-refractivity contribution is 5.81. The molecule has 3 heteroatoms. The summed E-state index contributed by atoms with van der Waals surface area (Å²) >= 11 is 0. The molecule has 0 aromatic carbocycles.